The highest BCUT2D eigenvalue weighted by atomic mass is 16.2. The van der Waals surface area contributed by atoms with Gasteiger partial charge in [0.2, 0.25) is 0 Å². The lowest BCUT2D eigenvalue weighted by Gasteiger charge is -2.17. The standard InChI is InChI=1S/C24H24N2O/c1-2-12-22(19-13-6-3-7-14-19)25-26-24(27)23(20-15-8-4-9-16-20)21-17-10-5-11-18-21/h3-11,13-18,23H,2,12H2,1H3,(H,26,27). The molecule has 0 aliphatic rings. The molecule has 0 saturated heterocycles. The van der Waals surface area contributed by atoms with Gasteiger partial charge in [0.25, 0.3) is 5.91 Å². The second-order valence-electron chi connectivity index (χ2n) is 6.40. The predicted octanol–water partition coefficient (Wildman–Crippen LogP) is 5.14. The van der Waals surface area contributed by atoms with Crippen molar-refractivity contribution in [3.05, 3.63) is 108 Å². The second kappa shape index (κ2) is 9.48. The Labute approximate surface area is 160 Å². The van der Waals surface area contributed by atoms with E-state index < -0.39 is 5.92 Å². The largest absolute Gasteiger partial charge is 0.272 e. The molecule has 136 valence electrons. The van der Waals surface area contributed by atoms with E-state index in [0.717, 1.165) is 35.2 Å². The van der Waals surface area contributed by atoms with Gasteiger partial charge in [-0.15, -0.1) is 0 Å². The Morgan fingerprint density at radius 2 is 1.30 bits per heavy atom. The van der Waals surface area contributed by atoms with Crippen LogP contribution in [-0.2, 0) is 4.79 Å². The van der Waals surface area contributed by atoms with Crippen molar-refractivity contribution in [2.24, 2.45) is 5.10 Å². The van der Waals surface area contributed by atoms with E-state index in [9.17, 15) is 4.79 Å². The quantitative estimate of drug-likeness (QED) is 0.462. The first-order valence-electron chi connectivity index (χ1n) is 9.31. The maximum atomic E-state index is 13.1. The third-order valence-electron chi connectivity index (χ3n) is 4.42. The van der Waals surface area contributed by atoms with Gasteiger partial charge in [0.15, 0.2) is 0 Å². The monoisotopic (exact) mass is 356 g/mol. The van der Waals surface area contributed by atoms with Crippen LogP contribution < -0.4 is 5.43 Å². The highest BCUT2D eigenvalue weighted by Gasteiger charge is 2.22. The van der Waals surface area contributed by atoms with Crippen LogP contribution >= 0.6 is 0 Å². The number of amides is 1. The zero-order valence-electron chi connectivity index (χ0n) is 15.5. The molecule has 0 aliphatic heterocycles. The van der Waals surface area contributed by atoms with Crippen LogP contribution in [0.4, 0.5) is 0 Å². The van der Waals surface area contributed by atoms with Crippen molar-refractivity contribution in [3.8, 4) is 0 Å². The topological polar surface area (TPSA) is 41.5 Å². The second-order valence-corrected chi connectivity index (χ2v) is 6.40. The molecule has 0 unspecified atom stereocenters. The van der Waals surface area contributed by atoms with Crippen LogP contribution in [0.2, 0.25) is 0 Å². The Kier molecular flexibility index (Phi) is 6.53. The van der Waals surface area contributed by atoms with Crippen molar-refractivity contribution in [2.45, 2.75) is 25.7 Å². The average Bonchev–Trinajstić information content (AvgIpc) is 2.73. The lowest BCUT2D eigenvalue weighted by molar-refractivity contribution is -0.121. The van der Waals surface area contributed by atoms with Crippen molar-refractivity contribution in [3.63, 3.8) is 0 Å². The van der Waals surface area contributed by atoms with E-state index in [1.54, 1.807) is 0 Å². The van der Waals surface area contributed by atoms with Gasteiger partial charge in [0.1, 0.15) is 0 Å². The predicted molar refractivity (Wildman–Crippen MR) is 111 cm³/mol. The molecule has 0 bridgehead atoms. The Hall–Kier alpha value is -3.20. The SMILES string of the molecule is CCCC(=NNC(=O)C(c1ccccc1)c1ccccc1)c1ccccc1. The Bertz CT molecular complexity index is 835. The molecule has 0 aromatic heterocycles. The number of benzene rings is 3. The number of nitrogens with one attached hydrogen (secondary N) is 1. The molecule has 0 saturated carbocycles. The summed E-state index contributed by atoms with van der Waals surface area (Å²) in [7, 11) is 0. The van der Waals surface area contributed by atoms with Gasteiger partial charge in [-0.2, -0.15) is 5.10 Å². The maximum Gasteiger partial charge on any atom is 0.252 e. The van der Waals surface area contributed by atoms with Crippen LogP contribution in [0.3, 0.4) is 0 Å². The molecule has 0 fully saturated rings. The molecule has 1 N–H and O–H groups in total. The molecule has 0 heterocycles. The van der Waals surface area contributed by atoms with E-state index in [1.165, 1.54) is 0 Å². The van der Waals surface area contributed by atoms with E-state index in [-0.39, 0.29) is 5.91 Å². The first kappa shape index (κ1) is 18.6. The number of carbonyl (C=O) groups is 1. The summed E-state index contributed by atoms with van der Waals surface area (Å²) in [5.41, 5.74) is 6.65. The van der Waals surface area contributed by atoms with Crippen LogP contribution in [-0.4, -0.2) is 11.6 Å². The van der Waals surface area contributed by atoms with Gasteiger partial charge in [0.05, 0.1) is 11.6 Å². The average molecular weight is 356 g/mol. The van der Waals surface area contributed by atoms with Crippen LogP contribution in [0.25, 0.3) is 0 Å². The molecule has 0 atom stereocenters. The van der Waals surface area contributed by atoms with Crippen LogP contribution in [0.5, 0.6) is 0 Å². The van der Waals surface area contributed by atoms with Gasteiger partial charge < -0.3 is 0 Å². The Morgan fingerprint density at radius 1 is 0.815 bits per heavy atom. The minimum atomic E-state index is -0.394. The number of hydrogen-bond donors (Lipinski definition) is 1. The van der Waals surface area contributed by atoms with Crippen LogP contribution in [0.15, 0.2) is 96.1 Å². The van der Waals surface area contributed by atoms with Crippen molar-refractivity contribution in [1.82, 2.24) is 5.43 Å². The molecular weight excluding hydrogens is 332 g/mol. The fraction of sp³-hybridized carbons (Fsp3) is 0.167. The number of nitrogens with zero attached hydrogens (tertiary/aromatic N) is 1. The van der Waals surface area contributed by atoms with Gasteiger partial charge in [-0.25, -0.2) is 5.43 Å². The van der Waals surface area contributed by atoms with E-state index in [0.29, 0.717) is 0 Å². The summed E-state index contributed by atoms with van der Waals surface area (Å²) in [4.78, 5) is 13.1. The van der Waals surface area contributed by atoms with E-state index >= 15 is 0 Å². The number of hydrazone groups is 1. The van der Waals surface area contributed by atoms with Crippen molar-refractivity contribution >= 4 is 11.6 Å². The Morgan fingerprint density at radius 3 is 1.78 bits per heavy atom. The molecule has 3 aromatic rings. The Balaban J connectivity index is 1.88. The lowest BCUT2D eigenvalue weighted by atomic mass is 9.91. The van der Waals surface area contributed by atoms with Crippen LogP contribution in [0, 0.1) is 0 Å². The molecular formula is C24H24N2O. The molecule has 3 nitrogen and oxygen atoms in total. The highest BCUT2D eigenvalue weighted by Crippen LogP contribution is 2.24. The summed E-state index contributed by atoms with van der Waals surface area (Å²) in [6.07, 6.45) is 1.77. The van der Waals surface area contributed by atoms with Crippen LogP contribution in [0.1, 0.15) is 42.4 Å². The van der Waals surface area contributed by atoms with Crippen molar-refractivity contribution in [2.75, 3.05) is 0 Å². The zero-order valence-corrected chi connectivity index (χ0v) is 15.5. The van der Waals surface area contributed by atoms with Gasteiger partial charge in [-0.05, 0) is 23.1 Å². The molecule has 0 radical (unpaired) electrons. The summed E-state index contributed by atoms with van der Waals surface area (Å²) in [6, 6.07) is 29.6. The number of carbonyl (C=O) groups excluding carboxylic acids is 1. The normalized spacial score (nSPS) is 11.4. The highest BCUT2D eigenvalue weighted by molar-refractivity contribution is 6.01. The summed E-state index contributed by atoms with van der Waals surface area (Å²) in [6.45, 7) is 2.11. The van der Waals surface area contributed by atoms with Gasteiger partial charge in [0, 0.05) is 0 Å². The molecule has 3 heteroatoms. The molecule has 3 aromatic carbocycles. The molecule has 27 heavy (non-hydrogen) atoms. The summed E-state index contributed by atoms with van der Waals surface area (Å²) >= 11 is 0. The zero-order chi connectivity index (χ0) is 18.9. The summed E-state index contributed by atoms with van der Waals surface area (Å²) in [5, 5.41) is 4.47. The molecule has 3 rings (SSSR count). The maximum absolute atomic E-state index is 13.1. The summed E-state index contributed by atoms with van der Waals surface area (Å²) < 4.78 is 0. The fourth-order valence-electron chi connectivity index (χ4n) is 3.11. The third kappa shape index (κ3) is 4.91. The molecule has 0 spiro atoms. The number of hydrogen-bond acceptors (Lipinski definition) is 2. The van der Waals surface area contributed by atoms with Crippen molar-refractivity contribution in [1.29, 1.82) is 0 Å². The minimum absolute atomic E-state index is 0.128. The van der Waals surface area contributed by atoms with E-state index in [4.69, 9.17) is 0 Å². The van der Waals surface area contributed by atoms with Gasteiger partial charge >= 0.3 is 0 Å². The lowest BCUT2D eigenvalue weighted by Crippen LogP contribution is -2.27. The van der Waals surface area contributed by atoms with Crippen molar-refractivity contribution < 1.29 is 4.79 Å². The first-order valence-corrected chi connectivity index (χ1v) is 9.31. The smallest absolute Gasteiger partial charge is 0.252 e. The summed E-state index contributed by atoms with van der Waals surface area (Å²) in [5.74, 6) is -0.522. The van der Waals surface area contributed by atoms with Gasteiger partial charge in [-0.1, -0.05) is 104 Å². The molecule has 1 amide bonds. The van der Waals surface area contributed by atoms with Gasteiger partial charge in [-0.3, -0.25) is 4.79 Å². The molecule has 0 aliphatic carbocycles. The number of rotatable bonds is 7. The third-order valence-corrected chi connectivity index (χ3v) is 4.42. The first-order chi connectivity index (χ1) is 13.3. The minimum Gasteiger partial charge on any atom is -0.272 e. The fourth-order valence-corrected chi connectivity index (χ4v) is 3.11. The van der Waals surface area contributed by atoms with E-state index in [1.807, 2.05) is 91.0 Å². The van der Waals surface area contributed by atoms with E-state index in [2.05, 4.69) is 17.5 Å².